The number of ether oxygens (including phenoxy) is 1. The SMILES string of the molecule is C#CCNC(=O)COC(=O)Cn1cc(C(F)(F)F)cc(Cl)c1=O. The minimum absolute atomic E-state index is 0.0704. The van der Waals surface area contributed by atoms with E-state index in [1.807, 2.05) is 0 Å². The number of pyridine rings is 1. The highest BCUT2D eigenvalue weighted by Gasteiger charge is 2.32. The summed E-state index contributed by atoms with van der Waals surface area (Å²) >= 11 is 5.42. The van der Waals surface area contributed by atoms with E-state index in [1.165, 1.54) is 0 Å². The number of nitrogens with one attached hydrogen (secondary N) is 1. The third-order valence-electron chi connectivity index (χ3n) is 2.42. The van der Waals surface area contributed by atoms with Crippen LogP contribution in [0.5, 0.6) is 0 Å². The summed E-state index contributed by atoms with van der Waals surface area (Å²) in [5.74, 6) is 0.347. The first-order valence-corrected chi connectivity index (χ1v) is 6.36. The van der Waals surface area contributed by atoms with Crippen molar-refractivity contribution >= 4 is 23.5 Å². The molecule has 0 spiro atoms. The van der Waals surface area contributed by atoms with Gasteiger partial charge < -0.3 is 14.6 Å². The van der Waals surface area contributed by atoms with E-state index < -0.39 is 47.3 Å². The molecule has 0 saturated heterocycles. The van der Waals surface area contributed by atoms with E-state index in [0.717, 1.165) is 0 Å². The zero-order chi connectivity index (χ0) is 17.6. The summed E-state index contributed by atoms with van der Waals surface area (Å²) in [7, 11) is 0. The number of hydrogen-bond acceptors (Lipinski definition) is 4. The fourth-order valence-corrected chi connectivity index (χ4v) is 1.63. The number of esters is 1. The van der Waals surface area contributed by atoms with Gasteiger partial charge in [-0.3, -0.25) is 14.4 Å². The molecule has 124 valence electrons. The zero-order valence-electron chi connectivity index (χ0n) is 11.4. The molecular weight excluding hydrogens is 341 g/mol. The van der Waals surface area contributed by atoms with Crippen LogP contribution in [-0.4, -0.2) is 29.6 Å². The first kappa shape index (κ1) is 18.6. The van der Waals surface area contributed by atoms with E-state index in [2.05, 4.69) is 16.0 Å². The number of hydrogen-bond donors (Lipinski definition) is 1. The second kappa shape index (κ2) is 7.69. The fourth-order valence-electron chi connectivity index (χ4n) is 1.40. The predicted octanol–water partition coefficient (Wildman–Crippen LogP) is 0.813. The molecule has 0 aromatic carbocycles. The Balaban J connectivity index is 2.79. The molecule has 23 heavy (non-hydrogen) atoms. The zero-order valence-corrected chi connectivity index (χ0v) is 12.2. The van der Waals surface area contributed by atoms with Gasteiger partial charge in [-0.2, -0.15) is 13.2 Å². The quantitative estimate of drug-likeness (QED) is 0.630. The number of alkyl halides is 3. The van der Waals surface area contributed by atoms with Crippen molar-refractivity contribution in [3.8, 4) is 12.3 Å². The summed E-state index contributed by atoms with van der Waals surface area (Å²) in [4.78, 5) is 34.2. The third kappa shape index (κ3) is 5.67. The molecule has 1 N–H and O–H groups in total. The van der Waals surface area contributed by atoms with Crippen molar-refractivity contribution in [2.45, 2.75) is 12.7 Å². The van der Waals surface area contributed by atoms with Crippen LogP contribution in [0.15, 0.2) is 17.1 Å². The van der Waals surface area contributed by atoms with Gasteiger partial charge in [0, 0.05) is 6.20 Å². The van der Waals surface area contributed by atoms with Crippen molar-refractivity contribution in [1.29, 1.82) is 0 Å². The molecule has 0 bridgehead atoms. The third-order valence-corrected chi connectivity index (χ3v) is 2.69. The number of carbonyl (C=O) groups is 2. The highest BCUT2D eigenvalue weighted by molar-refractivity contribution is 6.30. The average Bonchev–Trinajstić information content (AvgIpc) is 2.46. The van der Waals surface area contributed by atoms with Crippen LogP contribution < -0.4 is 10.9 Å². The molecule has 0 aliphatic carbocycles. The predicted molar refractivity (Wildman–Crippen MR) is 73.5 cm³/mol. The lowest BCUT2D eigenvalue weighted by atomic mass is 10.2. The van der Waals surface area contributed by atoms with Crippen molar-refractivity contribution in [2.75, 3.05) is 13.2 Å². The topological polar surface area (TPSA) is 77.4 Å². The summed E-state index contributed by atoms with van der Waals surface area (Å²) in [5, 5.41) is 1.52. The first-order valence-electron chi connectivity index (χ1n) is 5.98. The van der Waals surface area contributed by atoms with Crippen molar-refractivity contribution in [1.82, 2.24) is 9.88 Å². The minimum atomic E-state index is -4.74. The normalized spacial score (nSPS) is 10.7. The lowest BCUT2D eigenvalue weighted by Gasteiger charge is -2.11. The molecule has 0 aliphatic heterocycles. The van der Waals surface area contributed by atoms with Crippen molar-refractivity contribution < 1.29 is 27.5 Å². The molecule has 0 saturated carbocycles. The average molecular weight is 351 g/mol. The van der Waals surface area contributed by atoms with Crippen LogP contribution in [0, 0.1) is 12.3 Å². The Labute approximate surface area is 133 Å². The number of aromatic nitrogens is 1. The molecule has 1 amide bonds. The summed E-state index contributed by atoms with van der Waals surface area (Å²) in [6.07, 6.45) is 0.600. The minimum Gasteiger partial charge on any atom is -0.454 e. The number of halogens is 4. The van der Waals surface area contributed by atoms with Crippen LogP contribution in [0.4, 0.5) is 13.2 Å². The Morgan fingerprint density at radius 1 is 1.43 bits per heavy atom. The summed E-state index contributed by atoms with van der Waals surface area (Å²) in [5.41, 5.74) is -2.19. The van der Waals surface area contributed by atoms with Gasteiger partial charge in [0.05, 0.1) is 12.1 Å². The molecule has 0 unspecified atom stereocenters. The lowest BCUT2D eigenvalue weighted by Crippen LogP contribution is -2.31. The van der Waals surface area contributed by atoms with Gasteiger partial charge in [0.2, 0.25) is 0 Å². The van der Waals surface area contributed by atoms with Crippen LogP contribution in [0.3, 0.4) is 0 Å². The highest BCUT2D eigenvalue weighted by atomic mass is 35.5. The van der Waals surface area contributed by atoms with Gasteiger partial charge in [-0.15, -0.1) is 6.42 Å². The molecule has 1 heterocycles. The van der Waals surface area contributed by atoms with E-state index in [0.29, 0.717) is 16.8 Å². The molecule has 0 fully saturated rings. The molecular formula is C13H10ClF3N2O4. The van der Waals surface area contributed by atoms with E-state index >= 15 is 0 Å². The Morgan fingerprint density at radius 2 is 2.09 bits per heavy atom. The number of nitrogens with zero attached hydrogens (tertiary/aromatic N) is 1. The Bertz CT molecular complexity index is 707. The fraction of sp³-hybridized carbons (Fsp3) is 0.308. The maximum absolute atomic E-state index is 12.6. The molecule has 10 heteroatoms. The van der Waals surface area contributed by atoms with Gasteiger partial charge in [-0.05, 0) is 6.07 Å². The van der Waals surface area contributed by atoms with Crippen molar-refractivity contribution in [2.24, 2.45) is 0 Å². The summed E-state index contributed by atoms with van der Waals surface area (Å²) in [6, 6.07) is 0.457. The van der Waals surface area contributed by atoms with Gasteiger partial charge in [0.15, 0.2) is 6.61 Å². The summed E-state index contributed by atoms with van der Waals surface area (Å²) < 4.78 is 42.9. The number of rotatable bonds is 5. The molecule has 1 aromatic rings. The van der Waals surface area contributed by atoms with Crippen molar-refractivity contribution in [3.63, 3.8) is 0 Å². The molecule has 0 aliphatic rings. The van der Waals surface area contributed by atoms with Gasteiger partial charge in [-0.1, -0.05) is 17.5 Å². The molecule has 6 nitrogen and oxygen atoms in total. The first-order chi connectivity index (χ1) is 10.6. The highest BCUT2D eigenvalue weighted by Crippen LogP contribution is 2.29. The van der Waals surface area contributed by atoms with E-state index in [4.69, 9.17) is 18.0 Å². The van der Waals surface area contributed by atoms with Crippen LogP contribution in [0.2, 0.25) is 5.02 Å². The van der Waals surface area contributed by atoms with Gasteiger partial charge in [-0.25, -0.2) is 0 Å². The lowest BCUT2D eigenvalue weighted by molar-refractivity contribution is -0.149. The molecule has 0 atom stereocenters. The summed E-state index contributed by atoms with van der Waals surface area (Å²) in [6.45, 7) is -1.58. The molecule has 1 rings (SSSR count). The number of terminal acetylenes is 1. The number of carbonyl (C=O) groups excluding carboxylic acids is 2. The smallest absolute Gasteiger partial charge is 0.417 e. The Hall–Kier alpha value is -2.47. The largest absolute Gasteiger partial charge is 0.454 e. The Morgan fingerprint density at radius 3 is 2.65 bits per heavy atom. The maximum Gasteiger partial charge on any atom is 0.417 e. The molecule has 0 radical (unpaired) electrons. The monoisotopic (exact) mass is 350 g/mol. The van der Waals surface area contributed by atoms with Crippen molar-refractivity contribution in [3.05, 3.63) is 33.2 Å². The van der Waals surface area contributed by atoms with Crippen LogP contribution in [0.1, 0.15) is 5.56 Å². The van der Waals surface area contributed by atoms with E-state index in [9.17, 15) is 27.6 Å². The van der Waals surface area contributed by atoms with E-state index in [-0.39, 0.29) is 6.54 Å². The van der Waals surface area contributed by atoms with Crippen LogP contribution >= 0.6 is 11.6 Å². The van der Waals surface area contributed by atoms with Crippen LogP contribution in [-0.2, 0) is 27.0 Å². The standard InChI is InChI=1S/C13H10ClF3N2O4/c1-2-3-18-10(20)7-23-11(21)6-19-5-8(13(15,16)17)4-9(14)12(19)22/h1,4-5H,3,6-7H2,(H,18,20). The van der Waals surface area contributed by atoms with Crippen LogP contribution in [0.25, 0.3) is 0 Å². The molecule has 1 aromatic heterocycles. The van der Waals surface area contributed by atoms with Gasteiger partial charge in [0.1, 0.15) is 11.6 Å². The maximum atomic E-state index is 12.6. The second-order valence-electron chi connectivity index (χ2n) is 4.15. The van der Waals surface area contributed by atoms with Gasteiger partial charge >= 0.3 is 12.1 Å². The second-order valence-corrected chi connectivity index (χ2v) is 4.56. The van der Waals surface area contributed by atoms with Gasteiger partial charge in [0.25, 0.3) is 11.5 Å². The Kier molecular flexibility index (Phi) is 6.21. The van der Waals surface area contributed by atoms with E-state index in [1.54, 1.807) is 0 Å². The number of amides is 1.